The van der Waals surface area contributed by atoms with Gasteiger partial charge in [0.1, 0.15) is 11.6 Å². The molecule has 12 rings (SSSR count). The first-order chi connectivity index (χ1) is 33.9. The SMILES string of the molecule is Cc1cc(N2C[C@H]3CC[C@@H](C2)C3Nc2nc3n(n2)CCCCC3c2ccc(F)c(F)c2F)cnn1.Fc1ccc([C@H]2CCCCn3nc(NC4[C@@H]5CC[C@H]4CN(c4cnnc(Cl)c4)C5)nc32)c(F)c1F. The fraction of sp³-hybridized carbons (Fsp3) is 0.510. The van der Waals surface area contributed by atoms with Gasteiger partial charge >= 0.3 is 0 Å². The maximum absolute atomic E-state index is 14.7. The number of aryl methyl sites for hydroxylation is 3. The van der Waals surface area contributed by atoms with Gasteiger partial charge in [0, 0.05) is 80.4 Å². The molecule has 0 amide bonds. The number of nitrogens with one attached hydrogen (secondary N) is 2. The molecule has 14 nitrogen and oxygen atoms in total. The van der Waals surface area contributed by atoms with Crippen LogP contribution in [0, 0.1) is 65.5 Å². The monoisotopic (exact) mass is 986 g/mol. The maximum atomic E-state index is 14.7. The summed E-state index contributed by atoms with van der Waals surface area (Å²) in [6.07, 6.45) is 12.6. The molecule has 6 aromatic rings. The molecule has 4 fully saturated rings. The molecular formula is C49H53ClF6N14. The summed E-state index contributed by atoms with van der Waals surface area (Å²) in [5.74, 6) is -4.48. The van der Waals surface area contributed by atoms with Crippen LogP contribution in [0.1, 0.15) is 105 Å². The van der Waals surface area contributed by atoms with E-state index in [1.54, 1.807) is 10.9 Å². The van der Waals surface area contributed by atoms with Crippen molar-refractivity contribution in [1.29, 1.82) is 0 Å². The van der Waals surface area contributed by atoms with Crippen molar-refractivity contribution in [3.05, 3.63) is 117 Å². The van der Waals surface area contributed by atoms with Crippen molar-refractivity contribution in [1.82, 2.24) is 49.9 Å². The first kappa shape index (κ1) is 46.3. The largest absolute Gasteiger partial charge is 0.369 e. The summed E-state index contributed by atoms with van der Waals surface area (Å²) in [6.45, 7) is 6.87. The van der Waals surface area contributed by atoms with Gasteiger partial charge in [-0.3, -0.25) is 0 Å². The van der Waals surface area contributed by atoms with Gasteiger partial charge in [-0.25, -0.2) is 35.7 Å². The Morgan fingerprint density at radius 3 is 1.43 bits per heavy atom. The minimum Gasteiger partial charge on any atom is -0.369 e. The number of benzene rings is 2. The molecule has 0 spiro atoms. The number of hydrogen-bond acceptors (Lipinski definition) is 12. The molecule has 4 aromatic heterocycles. The van der Waals surface area contributed by atoms with Gasteiger partial charge in [0.25, 0.3) is 0 Å². The number of fused-ring (bicyclic) bond motifs is 6. The molecule has 4 bridgehead atoms. The average molecular weight is 988 g/mol. The van der Waals surface area contributed by atoms with Crippen molar-refractivity contribution >= 4 is 34.9 Å². The molecule has 4 aliphatic heterocycles. The lowest BCUT2D eigenvalue weighted by molar-refractivity contribution is 0.376. The van der Waals surface area contributed by atoms with Gasteiger partial charge in [0.15, 0.2) is 40.1 Å². The predicted octanol–water partition coefficient (Wildman–Crippen LogP) is 9.22. The van der Waals surface area contributed by atoms with Gasteiger partial charge < -0.3 is 20.4 Å². The molecule has 2 saturated heterocycles. The second-order valence-electron chi connectivity index (χ2n) is 19.8. The normalized spacial score (nSPS) is 25.9. The van der Waals surface area contributed by atoms with Crippen LogP contribution in [-0.2, 0) is 13.1 Å². The molecule has 3 unspecified atom stereocenters. The lowest BCUT2D eigenvalue weighted by Crippen LogP contribution is -2.48. The molecule has 8 atom stereocenters. The molecule has 0 radical (unpaired) electrons. The second-order valence-corrected chi connectivity index (χ2v) is 20.2. The summed E-state index contributed by atoms with van der Waals surface area (Å²) in [5, 5.41) is 32.9. The Hall–Kier alpha value is -6.05. The Labute approximate surface area is 405 Å². The van der Waals surface area contributed by atoms with Crippen LogP contribution in [0.3, 0.4) is 0 Å². The van der Waals surface area contributed by atoms with Crippen molar-refractivity contribution in [2.24, 2.45) is 23.7 Å². The summed E-state index contributed by atoms with van der Waals surface area (Å²) < 4.78 is 88.0. The van der Waals surface area contributed by atoms with E-state index in [4.69, 9.17) is 31.8 Å². The van der Waals surface area contributed by atoms with Crippen LogP contribution < -0.4 is 20.4 Å². The number of halogens is 7. The van der Waals surface area contributed by atoms with Gasteiger partial charge in [-0.05, 0) is 100 Å². The highest BCUT2D eigenvalue weighted by atomic mass is 35.5. The molecule has 2 saturated carbocycles. The summed E-state index contributed by atoms with van der Waals surface area (Å²) in [7, 11) is 0. The molecule has 8 heterocycles. The van der Waals surface area contributed by atoms with Crippen LogP contribution in [0.5, 0.6) is 0 Å². The van der Waals surface area contributed by atoms with E-state index >= 15 is 0 Å². The van der Waals surface area contributed by atoms with Crippen molar-refractivity contribution in [2.75, 3.05) is 46.6 Å². The number of nitrogens with zero attached hydrogens (tertiary/aromatic N) is 12. The second kappa shape index (κ2) is 19.3. The number of aromatic nitrogens is 10. The molecule has 6 aliphatic rings. The number of piperidine rings is 2. The smallest absolute Gasteiger partial charge is 0.242 e. The molecule has 70 heavy (non-hydrogen) atoms. The van der Waals surface area contributed by atoms with E-state index < -0.39 is 46.7 Å². The Morgan fingerprint density at radius 2 is 0.986 bits per heavy atom. The number of hydrogen-bond donors (Lipinski definition) is 2. The predicted molar refractivity (Wildman–Crippen MR) is 250 cm³/mol. The topological polar surface area (TPSA) is 144 Å². The van der Waals surface area contributed by atoms with Gasteiger partial charge in [-0.15, -0.1) is 15.3 Å². The zero-order valence-corrected chi connectivity index (χ0v) is 39.3. The minimum atomic E-state index is -1.44. The van der Waals surface area contributed by atoms with Crippen LogP contribution in [0.15, 0.2) is 48.8 Å². The third-order valence-electron chi connectivity index (χ3n) is 15.5. The van der Waals surface area contributed by atoms with Crippen LogP contribution in [0.4, 0.5) is 49.6 Å². The van der Waals surface area contributed by atoms with Crippen LogP contribution in [-0.4, -0.2) is 88.2 Å². The lowest BCUT2D eigenvalue weighted by Gasteiger charge is -2.39. The quantitative estimate of drug-likeness (QED) is 0.111. The standard InChI is InChI=1S/C25H28F3N7.C24H25ClF3N7/c1-14-10-17(11-29-32-14)34-12-15-5-6-16(13-34)23(15)30-25-31-24-19(4-2-3-9-35(24)33-25)18-7-8-20(26)22(28)21(18)27;25-19-9-15(10-29-32-19)34-11-13-4-5-14(12-34)22(13)30-24-31-23-17(3-1-2-8-35(23)33-24)16-6-7-18(26)21(28)20(16)27/h7-8,10-11,15-16,19,23H,2-6,9,12-13H2,1H3,(H,30,33);6-7,9-10,13-14,17,22H,1-5,8,11-12H2,(H,30,33)/t15-,16+,19?,23?;13-,14+,17-,22?/m.1/s1. The summed E-state index contributed by atoms with van der Waals surface area (Å²) >= 11 is 6.04. The van der Waals surface area contributed by atoms with Crippen molar-refractivity contribution < 1.29 is 26.3 Å². The Kier molecular flexibility index (Phi) is 12.8. The Morgan fingerprint density at radius 1 is 0.543 bits per heavy atom. The molecule has 2 aromatic carbocycles. The van der Waals surface area contributed by atoms with Gasteiger partial charge in [-0.1, -0.05) is 36.6 Å². The third-order valence-corrected chi connectivity index (χ3v) is 15.7. The van der Waals surface area contributed by atoms with E-state index in [2.05, 4.69) is 46.9 Å². The average Bonchev–Trinajstić information content (AvgIpc) is 3.97. The number of anilines is 4. The number of rotatable bonds is 8. The molecule has 2 N–H and O–H groups in total. The van der Waals surface area contributed by atoms with Crippen LogP contribution in [0.25, 0.3) is 0 Å². The van der Waals surface area contributed by atoms with Crippen molar-refractivity contribution in [3.8, 4) is 0 Å². The lowest BCUT2D eigenvalue weighted by atomic mass is 9.92. The van der Waals surface area contributed by atoms with Gasteiger partial charge in [0.05, 0.1) is 29.5 Å². The van der Waals surface area contributed by atoms with Gasteiger partial charge in [0.2, 0.25) is 11.9 Å². The van der Waals surface area contributed by atoms with E-state index in [0.717, 1.165) is 107 Å². The summed E-state index contributed by atoms with van der Waals surface area (Å²) in [4.78, 5) is 14.2. The zero-order valence-electron chi connectivity index (χ0n) is 38.6. The van der Waals surface area contributed by atoms with Gasteiger partial charge in [-0.2, -0.15) is 25.3 Å². The fourth-order valence-electron chi connectivity index (χ4n) is 12.1. The van der Waals surface area contributed by atoms with E-state index in [1.165, 1.54) is 12.1 Å². The van der Waals surface area contributed by atoms with Crippen molar-refractivity contribution in [3.63, 3.8) is 0 Å². The first-order valence-electron chi connectivity index (χ1n) is 24.4. The highest BCUT2D eigenvalue weighted by Crippen LogP contribution is 2.43. The van der Waals surface area contributed by atoms with E-state index in [1.807, 2.05) is 23.9 Å². The Bertz CT molecular complexity index is 2660. The molecule has 2 aliphatic carbocycles. The summed E-state index contributed by atoms with van der Waals surface area (Å²) in [5.41, 5.74) is 3.26. The van der Waals surface area contributed by atoms with Crippen LogP contribution in [0.2, 0.25) is 5.15 Å². The fourth-order valence-corrected chi connectivity index (χ4v) is 12.3. The first-order valence-corrected chi connectivity index (χ1v) is 24.8. The molecule has 368 valence electrons. The zero-order chi connectivity index (χ0) is 48.2. The minimum absolute atomic E-state index is 0.129. The highest BCUT2D eigenvalue weighted by molar-refractivity contribution is 6.29. The van der Waals surface area contributed by atoms with Crippen LogP contribution >= 0.6 is 11.6 Å². The van der Waals surface area contributed by atoms with E-state index in [9.17, 15) is 26.3 Å². The highest BCUT2D eigenvalue weighted by Gasteiger charge is 2.45. The van der Waals surface area contributed by atoms with E-state index in [0.29, 0.717) is 78.3 Å². The molecular weight excluding hydrogens is 934 g/mol. The third kappa shape index (κ3) is 9.00. The summed E-state index contributed by atoms with van der Waals surface area (Å²) in [6, 6.07) is 9.03. The Balaban J connectivity index is 0.000000152. The van der Waals surface area contributed by atoms with Crippen molar-refractivity contribution in [2.45, 2.75) is 108 Å². The molecule has 21 heteroatoms. The maximum Gasteiger partial charge on any atom is 0.242 e. The van der Waals surface area contributed by atoms with E-state index in [-0.39, 0.29) is 23.2 Å².